The molecule has 0 aromatic heterocycles. The maximum atomic E-state index is 12.4. The average molecular weight is 348 g/mol. The lowest BCUT2D eigenvalue weighted by Crippen LogP contribution is -2.37. The van der Waals surface area contributed by atoms with Gasteiger partial charge < -0.3 is 10.0 Å². The number of piperidine rings is 1. The number of aliphatic hydroxyl groups excluding tert-OH is 1. The lowest BCUT2D eigenvalue weighted by molar-refractivity contribution is 0.0823. The molecule has 0 radical (unpaired) electrons. The predicted molar refractivity (Wildman–Crippen MR) is 95.4 cm³/mol. The third-order valence-electron chi connectivity index (χ3n) is 4.53. The summed E-state index contributed by atoms with van der Waals surface area (Å²) in [6, 6.07) is 12.9. The van der Waals surface area contributed by atoms with Crippen molar-refractivity contribution in [3.63, 3.8) is 0 Å². The van der Waals surface area contributed by atoms with Crippen LogP contribution in [0.1, 0.15) is 19.3 Å². The zero-order chi connectivity index (χ0) is 17.0. The summed E-state index contributed by atoms with van der Waals surface area (Å²) in [5.74, 6) is 0. The van der Waals surface area contributed by atoms with Gasteiger partial charge in [-0.05, 0) is 48.7 Å². The molecule has 0 saturated carbocycles. The molecule has 1 aliphatic rings. The number of hydrogen-bond acceptors (Lipinski definition) is 4. The van der Waals surface area contributed by atoms with Crippen molar-refractivity contribution in [3.05, 3.63) is 42.5 Å². The van der Waals surface area contributed by atoms with E-state index in [2.05, 4.69) is 9.62 Å². The molecule has 6 heteroatoms. The van der Waals surface area contributed by atoms with Gasteiger partial charge in [-0.2, -0.15) is 0 Å². The summed E-state index contributed by atoms with van der Waals surface area (Å²) in [6.07, 6.45) is 2.21. The normalized spacial score (nSPS) is 17.4. The molecule has 24 heavy (non-hydrogen) atoms. The van der Waals surface area contributed by atoms with Gasteiger partial charge in [0.2, 0.25) is 10.0 Å². The Balaban J connectivity index is 1.53. The Hall–Kier alpha value is -1.47. The number of benzene rings is 2. The molecule has 0 spiro atoms. The molecular formula is C18H24N2O3S. The van der Waals surface area contributed by atoms with Gasteiger partial charge in [0, 0.05) is 19.6 Å². The fourth-order valence-corrected chi connectivity index (χ4v) is 4.18. The molecule has 5 nitrogen and oxygen atoms in total. The minimum atomic E-state index is -3.47. The standard InChI is InChI=1S/C18H24N2O3S/c21-17-8-12-20(13-9-17)11-3-10-19-24(22,23)18-7-6-15-4-1-2-5-16(15)14-18/h1-2,4-7,14,17,19,21H,3,8-13H2. The van der Waals surface area contributed by atoms with Crippen LogP contribution < -0.4 is 4.72 Å². The number of hydrogen-bond donors (Lipinski definition) is 2. The van der Waals surface area contributed by atoms with Crippen LogP contribution in [-0.2, 0) is 10.0 Å². The number of sulfonamides is 1. The molecule has 1 fully saturated rings. The van der Waals surface area contributed by atoms with E-state index in [1.54, 1.807) is 12.1 Å². The van der Waals surface area contributed by atoms with Crippen molar-refractivity contribution in [2.24, 2.45) is 0 Å². The van der Waals surface area contributed by atoms with E-state index in [1.807, 2.05) is 30.3 Å². The quantitative estimate of drug-likeness (QED) is 0.783. The van der Waals surface area contributed by atoms with E-state index in [-0.39, 0.29) is 6.10 Å². The summed E-state index contributed by atoms with van der Waals surface area (Å²) in [4.78, 5) is 2.58. The molecule has 2 aromatic carbocycles. The maximum Gasteiger partial charge on any atom is 0.240 e. The van der Waals surface area contributed by atoms with Crippen molar-refractivity contribution >= 4 is 20.8 Å². The van der Waals surface area contributed by atoms with Crippen LogP contribution in [0.25, 0.3) is 10.8 Å². The minimum absolute atomic E-state index is 0.173. The van der Waals surface area contributed by atoms with E-state index in [0.717, 1.165) is 49.7 Å². The lowest BCUT2D eigenvalue weighted by atomic mass is 10.1. The lowest BCUT2D eigenvalue weighted by Gasteiger charge is -2.29. The molecular weight excluding hydrogens is 324 g/mol. The number of nitrogens with zero attached hydrogens (tertiary/aromatic N) is 1. The fraction of sp³-hybridized carbons (Fsp3) is 0.444. The molecule has 0 amide bonds. The van der Waals surface area contributed by atoms with Crippen molar-refractivity contribution in [2.75, 3.05) is 26.2 Å². The Morgan fingerprint density at radius 2 is 1.79 bits per heavy atom. The molecule has 0 aliphatic carbocycles. The highest BCUT2D eigenvalue weighted by atomic mass is 32.2. The van der Waals surface area contributed by atoms with E-state index in [0.29, 0.717) is 11.4 Å². The van der Waals surface area contributed by atoms with Crippen LogP contribution in [0.4, 0.5) is 0 Å². The van der Waals surface area contributed by atoms with Gasteiger partial charge in [-0.1, -0.05) is 30.3 Å². The van der Waals surface area contributed by atoms with Gasteiger partial charge in [-0.15, -0.1) is 0 Å². The monoisotopic (exact) mass is 348 g/mol. The Morgan fingerprint density at radius 1 is 1.08 bits per heavy atom. The Labute approximate surface area is 143 Å². The van der Waals surface area contributed by atoms with Crippen LogP contribution in [-0.4, -0.2) is 50.7 Å². The van der Waals surface area contributed by atoms with Gasteiger partial charge >= 0.3 is 0 Å². The average Bonchev–Trinajstić information content (AvgIpc) is 2.60. The van der Waals surface area contributed by atoms with Gasteiger partial charge in [0.05, 0.1) is 11.0 Å². The zero-order valence-electron chi connectivity index (χ0n) is 13.7. The number of fused-ring (bicyclic) bond motifs is 1. The number of likely N-dealkylation sites (tertiary alicyclic amines) is 1. The van der Waals surface area contributed by atoms with Gasteiger partial charge in [-0.3, -0.25) is 0 Å². The number of nitrogens with one attached hydrogen (secondary N) is 1. The van der Waals surface area contributed by atoms with Crippen molar-refractivity contribution < 1.29 is 13.5 Å². The summed E-state index contributed by atoms with van der Waals surface area (Å²) in [6.45, 7) is 3.05. The molecule has 0 bridgehead atoms. The smallest absolute Gasteiger partial charge is 0.240 e. The highest BCUT2D eigenvalue weighted by molar-refractivity contribution is 7.89. The summed E-state index contributed by atoms with van der Waals surface area (Å²) in [5, 5.41) is 11.4. The molecule has 3 rings (SSSR count). The highest BCUT2D eigenvalue weighted by Gasteiger charge is 2.17. The van der Waals surface area contributed by atoms with Gasteiger partial charge in [0.15, 0.2) is 0 Å². The fourth-order valence-electron chi connectivity index (χ4n) is 3.07. The van der Waals surface area contributed by atoms with Gasteiger partial charge in [-0.25, -0.2) is 13.1 Å². The van der Waals surface area contributed by atoms with E-state index >= 15 is 0 Å². The minimum Gasteiger partial charge on any atom is -0.393 e. The second-order valence-corrected chi connectivity index (χ2v) is 8.10. The van der Waals surface area contributed by atoms with Gasteiger partial charge in [0.1, 0.15) is 0 Å². The largest absolute Gasteiger partial charge is 0.393 e. The van der Waals surface area contributed by atoms with Crippen molar-refractivity contribution in [1.29, 1.82) is 0 Å². The first-order valence-electron chi connectivity index (χ1n) is 8.43. The molecule has 0 unspecified atom stereocenters. The topological polar surface area (TPSA) is 69.6 Å². The summed E-state index contributed by atoms with van der Waals surface area (Å²) < 4.78 is 27.5. The van der Waals surface area contributed by atoms with E-state index in [9.17, 15) is 13.5 Å². The first-order chi connectivity index (χ1) is 11.5. The Bertz CT molecular complexity index is 784. The van der Waals surface area contributed by atoms with Crippen molar-refractivity contribution in [3.8, 4) is 0 Å². The van der Waals surface area contributed by atoms with E-state index in [4.69, 9.17) is 0 Å². The molecule has 1 aliphatic heterocycles. The second kappa shape index (κ2) is 7.61. The predicted octanol–water partition coefficient (Wildman–Crippen LogP) is 1.96. The second-order valence-electron chi connectivity index (χ2n) is 6.33. The van der Waals surface area contributed by atoms with Crippen molar-refractivity contribution in [2.45, 2.75) is 30.3 Å². The molecule has 0 atom stereocenters. The van der Waals surface area contributed by atoms with Crippen LogP contribution in [0, 0.1) is 0 Å². The van der Waals surface area contributed by atoms with Crippen LogP contribution in [0.3, 0.4) is 0 Å². The van der Waals surface area contributed by atoms with Crippen LogP contribution in [0.15, 0.2) is 47.4 Å². The Morgan fingerprint density at radius 3 is 2.54 bits per heavy atom. The summed E-state index contributed by atoms with van der Waals surface area (Å²) in [7, 11) is -3.47. The van der Waals surface area contributed by atoms with Crippen LogP contribution in [0.2, 0.25) is 0 Å². The molecule has 1 heterocycles. The third-order valence-corrected chi connectivity index (χ3v) is 5.99. The molecule has 2 N–H and O–H groups in total. The SMILES string of the molecule is O=S(=O)(NCCCN1CCC(O)CC1)c1ccc2ccccc2c1. The van der Waals surface area contributed by atoms with Crippen molar-refractivity contribution in [1.82, 2.24) is 9.62 Å². The van der Waals surface area contributed by atoms with E-state index < -0.39 is 10.0 Å². The van der Waals surface area contributed by atoms with E-state index in [1.165, 1.54) is 0 Å². The summed E-state index contributed by atoms with van der Waals surface area (Å²) >= 11 is 0. The first-order valence-corrected chi connectivity index (χ1v) is 9.92. The molecule has 130 valence electrons. The summed E-state index contributed by atoms with van der Waals surface area (Å²) in [5.41, 5.74) is 0. The van der Waals surface area contributed by atoms with Crippen LogP contribution in [0.5, 0.6) is 0 Å². The third kappa shape index (κ3) is 4.33. The number of aliphatic hydroxyl groups is 1. The zero-order valence-corrected chi connectivity index (χ0v) is 14.5. The first kappa shape index (κ1) is 17.4. The number of rotatable bonds is 6. The maximum absolute atomic E-state index is 12.4. The molecule has 2 aromatic rings. The van der Waals surface area contributed by atoms with Crippen LogP contribution >= 0.6 is 0 Å². The highest BCUT2D eigenvalue weighted by Crippen LogP contribution is 2.18. The molecule has 1 saturated heterocycles. The van der Waals surface area contributed by atoms with Gasteiger partial charge in [0.25, 0.3) is 0 Å². The Kier molecular flexibility index (Phi) is 5.50.